The molecule has 0 saturated heterocycles. The third kappa shape index (κ3) is 7.41. The van der Waals surface area contributed by atoms with Crippen molar-refractivity contribution >= 4 is 0 Å². The molecule has 3 nitrogen and oxygen atoms in total. The molecule has 0 saturated carbocycles. The minimum absolute atomic E-state index is 0.601. The highest BCUT2D eigenvalue weighted by Crippen LogP contribution is 1.67. The number of likely N-dealkylation sites (N-methyl/N-ethyl adjacent to an activating group) is 1. The number of nitriles is 1. The van der Waals surface area contributed by atoms with Gasteiger partial charge in [0.1, 0.15) is 0 Å². The molecule has 0 fully saturated rings. The van der Waals surface area contributed by atoms with Crippen LogP contribution in [0, 0.1) is 11.3 Å². The summed E-state index contributed by atoms with van der Waals surface area (Å²) < 4.78 is 0. The third-order valence-electron chi connectivity index (χ3n) is 0.965. The van der Waals surface area contributed by atoms with Gasteiger partial charge in [0.2, 0.25) is 0 Å². The van der Waals surface area contributed by atoms with E-state index in [1.54, 1.807) is 0 Å². The fraction of sp³-hybridized carbons (Fsp3) is 0.833. The zero-order chi connectivity index (χ0) is 6.95. The standard InChI is InChI=1S/C6H13N3/c1-8-5-6-9-4-2-3-7/h8-9H,2,4-6H2,1H3. The summed E-state index contributed by atoms with van der Waals surface area (Å²) >= 11 is 0. The first kappa shape index (κ1) is 8.41. The highest BCUT2D eigenvalue weighted by atomic mass is 14.9. The molecule has 0 radical (unpaired) electrons. The molecule has 0 unspecified atom stereocenters. The molecule has 0 amide bonds. The van der Waals surface area contributed by atoms with Gasteiger partial charge in [0.05, 0.1) is 6.07 Å². The van der Waals surface area contributed by atoms with Crippen LogP contribution in [0.15, 0.2) is 0 Å². The van der Waals surface area contributed by atoms with Gasteiger partial charge in [-0.3, -0.25) is 0 Å². The molecule has 0 aliphatic rings. The lowest BCUT2D eigenvalue weighted by Gasteiger charge is -1.98. The Balaban J connectivity index is 2.69. The lowest BCUT2D eigenvalue weighted by Crippen LogP contribution is -2.25. The highest BCUT2D eigenvalue weighted by molar-refractivity contribution is 4.69. The van der Waals surface area contributed by atoms with Gasteiger partial charge in [-0.15, -0.1) is 0 Å². The van der Waals surface area contributed by atoms with Crippen LogP contribution in [-0.2, 0) is 0 Å². The Morgan fingerprint density at radius 2 is 2.11 bits per heavy atom. The van der Waals surface area contributed by atoms with E-state index in [0.29, 0.717) is 6.42 Å². The van der Waals surface area contributed by atoms with Crippen LogP contribution >= 0.6 is 0 Å². The van der Waals surface area contributed by atoms with Gasteiger partial charge in [-0.25, -0.2) is 0 Å². The fourth-order valence-electron chi connectivity index (χ4n) is 0.483. The molecule has 0 aliphatic carbocycles. The molecule has 0 bridgehead atoms. The van der Waals surface area contributed by atoms with E-state index in [4.69, 9.17) is 5.26 Å². The molecule has 0 spiro atoms. The Labute approximate surface area is 56.1 Å². The number of hydrogen-bond donors (Lipinski definition) is 2. The van der Waals surface area contributed by atoms with Crippen LogP contribution < -0.4 is 10.6 Å². The van der Waals surface area contributed by atoms with Crippen LogP contribution in [0.25, 0.3) is 0 Å². The first-order chi connectivity index (χ1) is 4.41. The lowest BCUT2D eigenvalue weighted by molar-refractivity contribution is 0.656. The van der Waals surface area contributed by atoms with E-state index in [1.807, 2.05) is 7.05 Å². The van der Waals surface area contributed by atoms with Crippen LogP contribution in [0.3, 0.4) is 0 Å². The van der Waals surface area contributed by atoms with Gasteiger partial charge < -0.3 is 10.6 Å². The summed E-state index contributed by atoms with van der Waals surface area (Å²) in [6.07, 6.45) is 0.601. The molecular formula is C6H13N3. The minimum atomic E-state index is 0.601. The molecule has 0 aromatic heterocycles. The van der Waals surface area contributed by atoms with Crippen LogP contribution in [0.2, 0.25) is 0 Å². The Morgan fingerprint density at radius 1 is 1.33 bits per heavy atom. The predicted octanol–water partition coefficient (Wildman–Crippen LogP) is -0.291. The van der Waals surface area contributed by atoms with Gasteiger partial charge in [0.25, 0.3) is 0 Å². The van der Waals surface area contributed by atoms with E-state index in [-0.39, 0.29) is 0 Å². The van der Waals surface area contributed by atoms with Crippen LogP contribution in [0.5, 0.6) is 0 Å². The summed E-state index contributed by atoms with van der Waals surface area (Å²) in [4.78, 5) is 0. The van der Waals surface area contributed by atoms with Crippen molar-refractivity contribution in [1.29, 1.82) is 5.26 Å². The molecule has 2 N–H and O–H groups in total. The SMILES string of the molecule is CNCCNCCC#N. The zero-order valence-corrected chi connectivity index (χ0v) is 5.78. The van der Waals surface area contributed by atoms with Gasteiger partial charge in [0, 0.05) is 26.1 Å². The summed E-state index contributed by atoms with van der Waals surface area (Å²) in [5.74, 6) is 0. The first-order valence-electron chi connectivity index (χ1n) is 3.14. The Kier molecular flexibility index (Phi) is 6.92. The number of nitrogens with zero attached hydrogens (tertiary/aromatic N) is 1. The minimum Gasteiger partial charge on any atom is -0.318 e. The molecule has 0 heterocycles. The van der Waals surface area contributed by atoms with Crippen molar-refractivity contribution in [1.82, 2.24) is 10.6 Å². The molecule has 0 aromatic rings. The Hall–Kier alpha value is -0.590. The van der Waals surface area contributed by atoms with Crippen molar-refractivity contribution in [2.75, 3.05) is 26.7 Å². The van der Waals surface area contributed by atoms with E-state index < -0.39 is 0 Å². The summed E-state index contributed by atoms with van der Waals surface area (Å²) in [5, 5.41) is 14.2. The van der Waals surface area contributed by atoms with Crippen molar-refractivity contribution in [2.45, 2.75) is 6.42 Å². The Morgan fingerprint density at radius 3 is 2.67 bits per heavy atom. The molecule has 0 atom stereocenters. The van der Waals surface area contributed by atoms with Crippen LogP contribution in [0.4, 0.5) is 0 Å². The number of hydrogen-bond acceptors (Lipinski definition) is 3. The van der Waals surface area contributed by atoms with Gasteiger partial charge in [-0.05, 0) is 7.05 Å². The maximum atomic E-state index is 8.12. The number of rotatable bonds is 5. The summed E-state index contributed by atoms with van der Waals surface area (Å²) in [6, 6.07) is 2.06. The normalized spacial score (nSPS) is 8.89. The molecule has 0 aromatic carbocycles. The van der Waals surface area contributed by atoms with Gasteiger partial charge in [0.15, 0.2) is 0 Å². The summed E-state index contributed by atoms with van der Waals surface area (Å²) in [7, 11) is 1.91. The highest BCUT2D eigenvalue weighted by Gasteiger charge is 1.82. The summed E-state index contributed by atoms with van der Waals surface area (Å²) in [6.45, 7) is 2.71. The molecule has 52 valence electrons. The van der Waals surface area contributed by atoms with Crippen LogP contribution in [0.1, 0.15) is 6.42 Å². The second kappa shape index (κ2) is 7.41. The molecule has 9 heavy (non-hydrogen) atoms. The predicted molar refractivity (Wildman–Crippen MR) is 37.0 cm³/mol. The monoisotopic (exact) mass is 127 g/mol. The maximum absolute atomic E-state index is 8.12. The zero-order valence-electron chi connectivity index (χ0n) is 5.78. The summed E-state index contributed by atoms with van der Waals surface area (Å²) in [5.41, 5.74) is 0. The first-order valence-corrected chi connectivity index (χ1v) is 3.14. The third-order valence-corrected chi connectivity index (χ3v) is 0.965. The second-order valence-corrected chi connectivity index (χ2v) is 1.76. The lowest BCUT2D eigenvalue weighted by atomic mass is 10.4. The molecule has 0 rings (SSSR count). The van der Waals surface area contributed by atoms with Gasteiger partial charge in [-0.1, -0.05) is 0 Å². The maximum Gasteiger partial charge on any atom is 0.0635 e. The smallest absolute Gasteiger partial charge is 0.0635 e. The van der Waals surface area contributed by atoms with Crippen LogP contribution in [-0.4, -0.2) is 26.7 Å². The van der Waals surface area contributed by atoms with Crippen molar-refractivity contribution in [3.8, 4) is 6.07 Å². The van der Waals surface area contributed by atoms with Crippen molar-refractivity contribution in [3.63, 3.8) is 0 Å². The molecular weight excluding hydrogens is 114 g/mol. The average Bonchev–Trinajstić information content (AvgIpc) is 1.89. The fourth-order valence-corrected chi connectivity index (χ4v) is 0.483. The number of nitrogens with one attached hydrogen (secondary N) is 2. The topological polar surface area (TPSA) is 47.8 Å². The van der Waals surface area contributed by atoms with Gasteiger partial charge >= 0.3 is 0 Å². The largest absolute Gasteiger partial charge is 0.318 e. The second-order valence-electron chi connectivity index (χ2n) is 1.76. The average molecular weight is 127 g/mol. The Bertz CT molecular complexity index is 84.8. The van der Waals surface area contributed by atoms with Crippen molar-refractivity contribution in [3.05, 3.63) is 0 Å². The van der Waals surface area contributed by atoms with Gasteiger partial charge in [-0.2, -0.15) is 5.26 Å². The van der Waals surface area contributed by atoms with Crippen molar-refractivity contribution in [2.24, 2.45) is 0 Å². The quantitative estimate of drug-likeness (QED) is 0.499. The van der Waals surface area contributed by atoms with E-state index >= 15 is 0 Å². The van der Waals surface area contributed by atoms with Crippen molar-refractivity contribution < 1.29 is 0 Å². The van der Waals surface area contributed by atoms with E-state index in [1.165, 1.54) is 0 Å². The van der Waals surface area contributed by atoms with E-state index in [2.05, 4.69) is 16.7 Å². The molecule has 0 aliphatic heterocycles. The molecule has 3 heteroatoms. The van der Waals surface area contributed by atoms with E-state index in [0.717, 1.165) is 19.6 Å². The van der Waals surface area contributed by atoms with E-state index in [9.17, 15) is 0 Å².